The number of rotatable bonds is 6. The largest absolute Gasteiger partial charge is 0.318 e. The molecule has 0 heterocycles. The van der Waals surface area contributed by atoms with Gasteiger partial charge in [0.05, 0.1) is 5.02 Å². The van der Waals surface area contributed by atoms with Crippen molar-refractivity contribution >= 4 is 34.0 Å². The fourth-order valence-electron chi connectivity index (χ4n) is 1.47. The third-order valence-electron chi connectivity index (χ3n) is 2.58. The zero-order chi connectivity index (χ0) is 13.8. The summed E-state index contributed by atoms with van der Waals surface area (Å²) in [6, 6.07) is 5.11. The van der Waals surface area contributed by atoms with Gasteiger partial charge in [-0.15, -0.1) is 12.4 Å². The number of benzene rings is 1. The van der Waals surface area contributed by atoms with Gasteiger partial charge in [0.1, 0.15) is 4.90 Å². The summed E-state index contributed by atoms with van der Waals surface area (Å²) in [5.74, 6) is 0.258. The summed E-state index contributed by atoms with van der Waals surface area (Å²) in [6.07, 6.45) is 0. The molecule has 1 aromatic rings. The Kier molecular flexibility index (Phi) is 7.93. The molecule has 0 aliphatic carbocycles. The van der Waals surface area contributed by atoms with Crippen molar-refractivity contribution in [2.75, 3.05) is 20.1 Å². The number of hydrogen-bond acceptors (Lipinski definition) is 3. The molecular weight excluding hydrogens is 307 g/mol. The molecule has 1 rings (SSSR count). The molecule has 0 atom stereocenters. The van der Waals surface area contributed by atoms with E-state index in [1.807, 2.05) is 19.9 Å². The van der Waals surface area contributed by atoms with Crippen molar-refractivity contribution in [2.24, 2.45) is 0 Å². The molecular formula is C12H20Cl2N2O2S. The Morgan fingerprint density at radius 3 is 2.42 bits per heavy atom. The molecule has 0 aliphatic heterocycles. The van der Waals surface area contributed by atoms with Crippen molar-refractivity contribution < 1.29 is 8.42 Å². The molecule has 0 bridgehead atoms. The van der Waals surface area contributed by atoms with Gasteiger partial charge in [-0.05, 0) is 30.7 Å². The minimum absolute atomic E-state index is 0. The third-order valence-corrected chi connectivity index (χ3v) is 4.52. The maximum atomic E-state index is 12.1. The van der Waals surface area contributed by atoms with Crippen LogP contribution in [0.5, 0.6) is 0 Å². The molecule has 0 aromatic heterocycles. The van der Waals surface area contributed by atoms with Gasteiger partial charge in [-0.1, -0.05) is 31.5 Å². The zero-order valence-electron chi connectivity index (χ0n) is 11.2. The Bertz CT molecular complexity index is 504. The molecule has 0 saturated heterocycles. The van der Waals surface area contributed by atoms with Crippen molar-refractivity contribution in [3.8, 4) is 0 Å². The van der Waals surface area contributed by atoms with Gasteiger partial charge in [-0.2, -0.15) is 0 Å². The summed E-state index contributed by atoms with van der Waals surface area (Å²) in [7, 11) is -1.78. The molecule has 1 aromatic carbocycles. The van der Waals surface area contributed by atoms with Crippen LogP contribution in [-0.2, 0) is 10.0 Å². The lowest BCUT2D eigenvalue weighted by Crippen LogP contribution is -2.30. The van der Waals surface area contributed by atoms with E-state index in [1.54, 1.807) is 19.2 Å². The van der Waals surface area contributed by atoms with Crippen LogP contribution in [0.25, 0.3) is 0 Å². The quantitative estimate of drug-likeness (QED) is 0.789. The first-order valence-corrected chi connectivity index (χ1v) is 7.68. The summed E-state index contributed by atoms with van der Waals surface area (Å²) in [4.78, 5) is 0.145. The summed E-state index contributed by atoms with van der Waals surface area (Å²) in [5.41, 5.74) is 0.952. The summed E-state index contributed by atoms with van der Waals surface area (Å²) in [6.45, 7) is 4.92. The summed E-state index contributed by atoms with van der Waals surface area (Å²) >= 11 is 5.96. The van der Waals surface area contributed by atoms with Crippen molar-refractivity contribution in [3.05, 3.63) is 28.8 Å². The fourth-order valence-corrected chi connectivity index (χ4v) is 3.04. The molecule has 0 aliphatic rings. The second kappa shape index (κ2) is 8.07. The highest BCUT2D eigenvalue weighted by molar-refractivity contribution is 7.89. The lowest BCUT2D eigenvalue weighted by atomic mass is 10.0. The van der Waals surface area contributed by atoms with Crippen LogP contribution in [0, 0.1) is 0 Å². The van der Waals surface area contributed by atoms with Gasteiger partial charge < -0.3 is 5.32 Å². The van der Waals surface area contributed by atoms with Crippen molar-refractivity contribution in [1.82, 2.24) is 10.0 Å². The number of likely N-dealkylation sites (N-methyl/N-ethyl adjacent to an activating group) is 1. The minimum atomic E-state index is -3.54. The summed E-state index contributed by atoms with van der Waals surface area (Å²) in [5, 5.41) is 3.12. The van der Waals surface area contributed by atoms with E-state index in [9.17, 15) is 8.42 Å². The van der Waals surface area contributed by atoms with E-state index in [0.717, 1.165) is 5.56 Å². The van der Waals surface area contributed by atoms with Gasteiger partial charge in [0.15, 0.2) is 0 Å². The van der Waals surface area contributed by atoms with Crippen LogP contribution in [0.15, 0.2) is 23.1 Å². The van der Waals surface area contributed by atoms with Gasteiger partial charge >= 0.3 is 0 Å². The number of nitrogens with one attached hydrogen (secondary N) is 2. The second-order valence-corrected chi connectivity index (χ2v) is 6.49. The number of hydrogen-bond donors (Lipinski definition) is 2. The highest BCUT2D eigenvalue weighted by atomic mass is 35.5. The van der Waals surface area contributed by atoms with Crippen LogP contribution >= 0.6 is 24.0 Å². The highest BCUT2D eigenvalue weighted by Crippen LogP contribution is 2.25. The van der Waals surface area contributed by atoms with Crippen LogP contribution in [0.3, 0.4) is 0 Å². The molecule has 0 spiro atoms. The third kappa shape index (κ3) is 5.28. The maximum Gasteiger partial charge on any atom is 0.242 e. The van der Waals surface area contributed by atoms with Crippen LogP contribution < -0.4 is 10.0 Å². The Labute approximate surface area is 126 Å². The molecule has 110 valence electrons. The number of halogens is 2. The molecule has 0 fully saturated rings. The molecule has 2 N–H and O–H groups in total. The van der Waals surface area contributed by atoms with Gasteiger partial charge in [-0.3, -0.25) is 0 Å². The molecule has 4 nitrogen and oxygen atoms in total. The molecule has 19 heavy (non-hydrogen) atoms. The van der Waals surface area contributed by atoms with E-state index in [0.29, 0.717) is 13.1 Å². The molecule has 0 unspecified atom stereocenters. The summed E-state index contributed by atoms with van der Waals surface area (Å²) < 4.78 is 26.7. The first-order valence-electron chi connectivity index (χ1n) is 5.82. The predicted octanol–water partition coefficient (Wildman–Crippen LogP) is 2.38. The topological polar surface area (TPSA) is 58.2 Å². The van der Waals surface area contributed by atoms with Crippen molar-refractivity contribution in [2.45, 2.75) is 24.7 Å². The minimum Gasteiger partial charge on any atom is -0.318 e. The van der Waals surface area contributed by atoms with Crippen molar-refractivity contribution in [1.29, 1.82) is 0 Å². The number of sulfonamides is 1. The lowest BCUT2D eigenvalue weighted by Gasteiger charge is -2.11. The van der Waals surface area contributed by atoms with E-state index < -0.39 is 10.0 Å². The monoisotopic (exact) mass is 326 g/mol. The van der Waals surface area contributed by atoms with Crippen LogP contribution in [0.4, 0.5) is 0 Å². The predicted molar refractivity (Wildman–Crippen MR) is 81.9 cm³/mol. The van der Waals surface area contributed by atoms with Crippen molar-refractivity contribution in [3.63, 3.8) is 0 Å². The average Bonchev–Trinajstić information content (AvgIpc) is 2.29. The molecule has 0 radical (unpaired) electrons. The lowest BCUT2D eigenvalue weighted by molar-refractivity contribution is 0.579. The Morgan fingerprint density at radius 1 is 1.26 bits per heavy atom. The van der Waals surface area contributed by atoms with Gasteiger partial charge in [-0.25, -0.2) is 13.1 Å². The molecule has 0 amide bonds. The van der Waals surface area contributed by atoms with Gasteiger partial charge in [0.2, 0.25) is 10.0 Å². The highest BCUT2D eigenvalue weighted by Gasteiger charge is 2.18. The Morgan fingerprint density at radius 2 is 1.89 bits per heavy atom. The van der Waals surface area contributed by atoms with Crippen LogP contribution in [-0.4, -0.2) is 28.6 Å². The van der Waals surface area contributed by atoms with E-state index >= 15 is 0 Å². The Hall–Kier alpha value is -0.330. The fraction of sp³-hybridized carbons (Fsp3) is 0.500. The SMILES string of the molecule is CNCCNS(=O)(=O)c1cc(C(C)C)ccc1Cl.Cl. The standard InChI is InChI=1S/C12H19ClN2O2S.ClH/c1-9(2)10-4-5-11(13)12(8-10)18(16,17)15-7-6-14-3;/h4-5,8-9,14-15H,6-7H2,1-3H3;1H. The van der Waals surface area contributed by atoms with E-state index in [2.05, 4.69) is 10.0 Å². The van der Waals surface area contributed by atoms with Crippen LogP contribution in [0.1, 0.15) is 25.3 Å². The van der Waals surface area contributed by atoms with Gasteiger partial charge in [0, 0.05) is 13.1 Å². The molecule has 7 heteroatoms. The average molecular weight is 327 g/mol. The van der Waals surface area contributed by atoms with Gasteiger partial charge in [0.25, 0.3) is 0 Å². The zero-order valence-corrected chi connectivity index (χ0v) is 13.6. The van der Waals surface area contributed by atoms with E-state index in [4.69, 9.17) is 11.6 Å². The van der Waals surface area contributed by atoms with Crippen LogP contribution in [0.2, 0.25) is 5.02 Å². The molecule has 0 saturated carbocycles. The second-order valence-electron chi connectivity index (χ2n) is 4.35. The maximum absolute atomic E-state index is 12.1. The first-order chi connectivity index (χ1) is 8.38. The van der Waals surface area contributed by atoms with E-state index in [1.165, 1.54) is 0 Å². The smallest absolute Gasteiger partial charge is 0.242 e. The van der Waals surface area contributed by atoms with E-state index in [-0.39, 0.29) is 28.2 Å². The first kappa shape index (κ1) is 18.7. The normalized spacial score (nSPS) is 11.4. The Balaban J connectivity index is 0.00000324.